The van der Waals surface area contributed by atoms with E-state index in [-0.39, 0.29) is 12.5 Å². The zero-order valence-corrected chi connectivity index (χ0v) is 18.6. The third kappa shape index (κ3) is 6.18. The largest absolute Gasteiger partial charge is 0.493 e. The Bertz CT molecular complexity index is 1120. The van der Waals surface area contributed by atoms with Crippen LogP contribution in [-0.4, -0.2) is 40.7 Å². The highest BCUT2D eigenvalue weighted by Gasteiger charge is 2.34. The van der Waals surface area contributed by atoms with Crippen molar-refractivity contribution in [1.29, 1.82) is 0 Å². The predicted molar refractivity (Wildman–Crippen MR) is 115 cm³/mol. The lowest BCUT2D eigenvalue weighted by Gasteiger charge is -2.13. The van der Waals surface area contributed by atoms with Gasteiger partial charge in [0.05, 0.1) is 19.4 Å². The fraction of sp³-hybridized carbons (Fsp3) is 0.333. The molecule has 4 rings (SSSR count). The Morgan fingerprint density at radius 1 is 1.21 bits per heavy atom. The predicted octanol–water partition coefficient (Wildman–Crippen LogP) is 4.62. The third-order valence-electron chi connectivity index (χ3n) is 4.81. The number of nitrogens with one attached hydrogen (secondary N) is 1. The number of carbonyl (C=O) groups is 1. The first kappa shape index (κ1) is 23.4. The highest BCUT2D eigenvalue weighted by Crippen LogP contribution is 2.32. The number of rotatable bonds is 7. The average molecular weight is 499 g/mol. The van der Waals surface area contributed by atoms with Crippen molar-refractivity contribution >= 4 is 28.8 Å². The van der Waals surface area contributed by atoms with Crippen molar-refractivity contribution in [2.24, 2.45) is 5.92 Å². The smallest absolute Gasteiger partial charge is 0.451 e. The molecule has 0 bridgehead atoms. The van der Waals surface area contributed by atoms with Gasteiger partial charge in [0.1, 0.15) is 15.1 Å². The molecular formula is C21H18ClF3N4O3S. The van der Waals surface area contributed by atoms with Gasteiger partial charge in [0.25, 0.3) is 5.91 Å². The molecule has 7 nitrogen and oxygen atoms in total. The van der Waals surface area contributed by atoms with Gasteiger partial charge in [0, 0.05) is 48.2 Å². The third-order valence-corrected chi connectivity index (χ3v) is 5.98. The zero-order valence-electron chi connectivity index (χ0n) is 17.1. The van der Waals surface area contributed by atoms with Gasteiger partial charge in [-0.1, -0.05) is 11.6 Å². The molecule has 1 fully saturated rings. The highest BCUT2D eigenvalue weighted by atomic mass is 35.5. The van der Waals surface area contributed by atoms with Crippen molar-refractivity contribution in [2.75, 3.05) is 19.8 Å². The SMILES string of the molecule is O=C(NCc1cnc(C(F)(F)F)nc1)c1cc(OC[C@H]2CCOC2)cc(-c2ncc(Cl)s2)c1. The Balaban J connectivity index is 1.49. The maximum atomic E-state index is 12.8. The highest BCUT2D eigenvalue weighted by molar-refractivity contribution is 7.18. The maximum Gasteiger partial charge on any atom is 0.451 e. The van der Waals surface area contributed by atoms with E-state index in [1.54, 1.807) is 18.2 Å². The van der Waals surface area contributed by atoms with Crippen LogP contribution in [0.2, 0.25) is 4.34 Å². The van der Waals surface area contributed by atoms with E-state index in [0.29, 0.717) is 51.6 Å². The van der Waals surface area contributed by atoms with Crippen LogP contribution in [0.5, 0.6) is 5.75 Å². The lowest BCUT2D eigenvalue weighted by molar-refractivity contribution is -0.145. The van der Waals surface area contributed by atoms with Crippen LogP contribution in [0.3, 0.4) is 0 Å². The van der Waals surface area contributed by atoms with E-state index in [9.17, 15) is 18.0 Å². The fourth-order valence-corrected chi connectivity index (χ4v) is 4.03. The minimum atomic E-state index is -4.62. The van der Waals surface area contributed by atoms with Crippen LogP contribution in [0, 0.1) is 5.92 Å². The molecule has 174 valence electrons. The summed E-state index contributed by atoms with van der Waals surface area (Å²) >= 11 is 7.27. The van der Waals surface area contributed by atoms with Crippen LogP contribution in [0.1, 0.15) is 28.2 Å². The second kappa shape index (κ2) is 10.0. The molecule has 1 N–H and O–H groups in total. The van der Waals surface area contributed by atoms with E-state index in [0.717, 1.165) is 18.8 Å². The standard InChI is InChI=1S/C21H18ClF3N4O3S/c22-17-9-27-19(33-17)15-3-14(4-16(5-15)32-11-12-1-2-31-10-12)18(30)26-6-13-7-28-20(29-8-13)21(23,24)25/h3-5,7-9,12H,1-2,6,10-11H2,(H,26,30)/t12-/m0/s1. The van der Waals surface area contributed by atoms with E-state index < -0.39 is 17.9 Å². The van der Waals surface area contributed by atoms with Crippen LogP contribution < -0.4 is 10.1 Å². The molecule has 33 heavy (non-hydrogen) atoms. The Morgan fingerprint density at radius 2 is 2.00 bits per heavy atom. The number of carbonyl (C=O) groups excluding carboxylic acids is 1. The summed E-state index contributed by atoms with van der Waals surface area (Å²) in [6.45, 7) is 1.74. The lowest BCUT2D eigenvalue weighted by atomic mass is 10.1. The van der Waals surface area contributed by atoms with Gasteiger partial charge >= 0.3 is 6.18 Å². The van der Waals surface area contributed by atoms with Crippen LogP contribution >= 0.6 is 22.9 Å². The molecule has 0 saturated carbocycles. The average Bonchev–Trinajstić information content (AvgIpc) is 3.47. The van der Waals surface area contributed by atoms with Crippen LogP contribution in [0.25, 0.3) is 10.6 Å². The first-order valence-corrected chi connectivity index (χ1v) is 11.1. The second-order valence-corrected chi connectivity index (χ2v) is 9.01. The van der Waals surface area contributed by atoms with Gasteiger partial charge in [-0.3, -0.25) is 4.79 Å². The molecule has 0 radical (unpaired) electrons. The molecule has 12 heteroatoms. The summed E-state index contributed by atoms with van der Waals surface area (Å²) in [5, 5.41) is 3.29. The summed E-state index contributed by atoms with van der Waals surface area (Å²) in [6.07, 6.45) is -0.133. The molecule has 0 spiro atoms. The molecule has 2 aromatic heterocycles. The van der Waals surface area contributed by atoms with Crippen molar-refractivity contribution in [3.05, 3.63) is 58.1 Å². The van der Waals surface area contributed by atoms with Gasteiger partial charge in [-0.25, -0.2) is 15.0 Å². The summed E-state index contributed by atoms with van der Waals surface area (Å²) in [6, 6.07) is 5.04. The minimum absolute atomic E-state index is 0.0418. The molecule has 1 aliphatic rings. The molecule has 0 aliphatic carbocycles. The van der Waals surface area contributed by atoms with Crippen LogP contribution in [0.4, 0.5) is 13.2 Å². The Hall–Kier alpha value is -2.76. The maximum absolute atomic E-state index is 12.8. The van der Waals surface area contributed by atoms with Gasteiger partial charge < -0.3 is 14.8 Å². The minimum Gasteiger partial charge on any atom is -0.493 e. The normalized spacial score (nSPS) is 16.1. The number of hydrogen-bond donors (Lipinski definition) is 1. The van der Waals surface area contributed by atoms with Gasteiger partial charge in [0.2, 0.25) is 5.82 Å². The Morgan fingerprint density at radius 3 is 2.64 bits per heavy atom. The van der Waals surface area contributed by atoms with E-state index in [1.807, 2.05) is 0 Å². The number of aromatic nitrogens is 3. The van der Waals surface area contributed by atoms with Crippen molar-refractivity contribution < 1.29 is 27.4 Å². The Labute approximate surface area is 195 Å². The van der Waals surface area contributed by atoms with Gasteiger partial charge in [-0.05, 0) is 24.6 Å². The lowest BCUT2D eigenvalue weighted by Crippen LogP contribution is -2.23. The summed E-state index contributed by atoms with van der Waals surface area (Å²) in [5.41, 5.74) is 1.30. The number of halogens is 4. The molecular weight excluding hydrogens is 481 g/mol. The first-order valence-electron chi connectivity index (χ1n) is 9.91. The van der Waals surface area contributed by atoms with Gasteiger partial charge in [-0.15, -0.1) is 11.3 Å². The summed E-state index contributed by atoms with van der Waals surface area (Å²) in [7, 11) is 0. The summed E-state index contributed by atoms with van der Waals surface area (Å²) in [4.78, 5) is 23.6. The topological polar surface area (TPSA) is 86.2 Å². The van der Waals surface area contributed by atoms with Crippen molar-refractivity contribution in [3.63, 3.8) is 0 Å². The summed E-state index contributed by atoms with van der Waals surface area (Å²) < 4.78 is 49.6. The number of ether oxygens (including phenoxy) is 2. The van der Waals surface area contributed by atoms with E-state index in [2.05, 4.69) is 20.3 Å². The molecule has 1 aliphatic heterocycles. The molecule has 0 unspecified atom stereocenters. The number of benzene rings is 1. The molecule has 1 amide bonds. The van der Waals surface area contributed by atoms with Crippen LogP contribution in [-0.2, 0) is 17.5 Å². The number of alkyl halides is 3. The second-order valence-electron chi connectivity index (χ2n) is 7.35. The van der Waals surface area contributed by atoms with Crippen molar-refractivity contribution in [1.82, 2.24) is 20.3 Å². The number of amides is 1. The van der Waals surface area contributed by atoms with Gasteiger partial charge in [-0.2, -0.15) is 13.2 Å². The quantitative estimate of drug-likeness (QED) is 0.511. The zero-order chi connectivity index (χ0) is 23.4. The van der Waals surface area contributed by atoms with E-state index >= 15 is 0 Å². The molecule has 1 saturated heterocycles. The molecule has 3 aromatic rings. The Kier molecular flexibility index (Phi) is 7.11. The van der Waals surface area contributed by atoms with Gasteiger partial charge in [0.15, 0.2) is 0 Å². The monoisotopic (exact) mass is 498 g/mol. The number of thiazole rings is 1. The number of nitrogens with zero attached hydrogens (tertiary/aromatic N) is 3. The summed E-state index contributed by atoms with van der Waals surface area (Å²) in [5.74, 6) is -0.899. The van der Waals surface area contributed by atoms with Crippen LogP contribution in [0.15, 0.2) is 36.8 Å². The molecule has 1 aromatic carbocycles. The molecule has 1 atom stereocenters. The van der Waals surface area contributed by atoms with E-state index in [4.69, 9.17) is 21.1 Å². The fourth-order valence-electron chi connectivity index (χ4n) is 3.13. The molecule has 3 heterocycles. The van der Waals surface area contributed by atoms with E-state index in [1.165, 1.54) is 17.5 Å². The number of hydrogen-bond acceptors (Lipinski definition) is 7. The van der Waals surface area contributed by atoms with Crippen molar-refractivity contribution in [2.45, 2.75) is 19.1 Å². The van der Waals surface area contributed by atoms with Crippen molar-refractivity contribution in [3.8, 4) is 16.3 Å². The first-order chi connectivity index (χ1) is 15.8.